The highest BCUT2D eigenvalue weighted by Gasteiger charge is 2.05. The second-order valence-electron chi connectivity index (χ2n) is 4.00. The molecule has 0 aliphatic carbocycles. The van der Waals surface area contributed by atoms with Gasteiger partial charge < -0.3 is 15.2 Å². The minimum absolute atomic E-state index is 0.366. The van der Waals surface area contributed by atoms with Gasteiger partial charge in [0.25, 0.3) is 0 Å². The molecule has 0 amide bonds. The molecule has 0 saturated carbocycles. The second kappa shape index (κ2) is 5.40. The van der Waals surface area contributed by atoms with Crippen molar-refractivity contribution >= 4 is 5.82 Å². The Morgan fingerprint density at radius 2 is 2.00 bits per heavy atom. The van der Waals surface area contributed by atoms with E-state index in [9.17, 15) is 0 Å². The Kier molecular flexibility index (Phi) is 3.67. The maximum absolute atomic E-state index is 5.68. The van der Waals surface area contributed by atoms with Crippen LogP contribution in [0.25, 0.3) is 0 Å². The van der Waals surface area contributed by atoms with Gasteiger partial charge in [-0.05, 0) is 36.8 Å². The van der Waals surface area contributed by atoms with Crippen molar-refractivity contribution < 1.29 is 9.47 Å². The quantitative estimate of drug-likeness (QED) is 0.898. The van der Waals surface area contributed by atoms with E-state index in [1.54, 1.807) is 13.2 Å². The molecule has 0 atom stereocenters. The summed E-state index contributed by atoms with van der Waals surface area (Å²) in [5, 5.41) is 0. The number of hydrogen-bond acceptors (Lipinski definition) is 4. The van der Waals surface area contributed by atoms with Crippen molar-refractivity contribution in [2.24, 2.45) is 0 Å². The Morgan fingerprint density at radius 1 is 1.17 bits per heavy atom. The molecule has 1 aromatic carbocycles. The van der Waals surface area contributed by atoms with E-state index in [-0.39, 0.29) is 0 Å². The lowest BCUT2D eigenvalue weighted by molar-refractivity contribution is 0.281. The van der Waals surface area contributed by atoms with Gasteiger partial charge in [-0.1, -0.05) is 12.1 Å². The Bertz CT molecular complexity index is 541. The van der Waals surface area contributed by atoms with Gasteiger partial charge in [-0.2, -0.15) is 0 Å². The number of aromatic nitrogens is 1. The van der Waals surface area contributed by atoms with E-state index in [1.165, 1.54) is 0 Å². The molecule has 2 rings (SSSR count). The maximum atomic E-state index is 5.68. The summed E-state index contributed by atoms with van der Waals surface area (Å²) in [7, 11) is 1.63. The first kappa shape index (κ1) is 12.2. The predicted molar refractivity (Wildman–Crippen MR) is 70.7 cm³/mol. The van der Waals surface area contributed by atoms with Crippen molar-refractivity contribution in [3.63, 3.8) is 0 Å². The fourth-order valence-electron chi connectivity index (χ4n) is 1.62. The number of rotatable bonds is 4. The summed E-state index contributed by atoms with van der Waals surface area (Å²) < 4.78 is 10.9. The molecule has 4 heteroatoms. The number of ether oxygens (including phenoxy) is 2. The summed E-state index contributed by atoms with van der Waals surface area (Å²) in [4.78, 5) is 4.17. The smallest absolute Gasteiger partial charge is 0.161 e. The molecular formula is C14H16N2O2. The van der Waals surface area contributed by atoms with E-state index < -0.39 is 0 Å². The lowest BCUT2D eigenvalue weighted by atomic mass is 10.2. The normalized spacial score (nSPS) is 10.1. The first-order valence-corrected chi connectivity index (χ1v) is 5.68. The van der Waals surface area contributed by atoms with Gasteiger partial charge in [0.05, 0.1) is 12.8 Å². The fourth-order valence-corrected chi connectivity index (χ4v) is 1.62. The molecule has 94 valence electrons. The van der Waals surface area contributed by atoms with E-state index in [0.29, 0.717) is 18.2 Å². The number of methoxy groups -OCH3 is 1. The Hall–Kier alpha value is -2.23. The van der Waals surface area contributed by atoms with Crippen LogP contribution in [0.4, 0.5) is 5.82 Å². The zero-order valence-corrected chi connectivity index (χ0v) is 10.5. The van der Waals surface area contributed by atoms with Crippen LogP contribution in [0.5, 0.6) is 11.5 Å². The number of anilines is 1. The SMILES string of the molecule is COc1cc(C)ccc1OCc1cccc(N)n1. The van der Waals surface area contributed by atoms with Gasteiger partial charge in [0.15, 0.2) is 11.5 Å². The standard InChI is InChI=1S/C14H16N2O2/c1-10-6-7-12(13(8-10)17-2)18-9-11-4-3-5-14(15)16-11/h3-8H,9H2,1-2H3,(H2,15,16). The Morgan fingerprint density at radius 3 is 2.72 bits per heavy atom. The van der Waals surface area contributed by atoms with Crippen LogP contribution in [0, 0.1) is 6.92 Å². The van der Waals surface area contributed by atoms with E-state index in [0.717, 1.165) is 17.0 Å². The molecule has 2 N–H and O–H groups in total. The van der Waals surface area contributed by atoms with Crippen molar-refractivity contribution in [3.05, 3.63) is 47.7 Å². The summed E-state index contributed by atoms with van der Waals surface area (Å²) in [6.07, 6.45) is 0. The number of pyridine rings is 1. The molecular weight excluding hydrogens is 228 g/mol. The number of aryl methyl sites for hydroxylation is 1. The molecule has 0 aliphatic rings. The third kappa shape index (κ3) is 2.91. The number of nitrogens with zero attached hydrogens (tertiary/aromatic N) is 1. The molecule has 0 saturated heterocycles. The maximum Gasteiger partial charge on any atom is 0.161 e. The summed E-state index contributed by atoms with van der Waals surface area (Å²) in [5.41, 5.74) is 7.53. The van der Waals surface area contributed by atoms with Gasteiger partial charge >= 0.3 is 0 Å². The summed E-state index contributed by atoms with van der Waals surface area (Å²) in [5.74, 6) is 1.91. The zero-order chi connectivity index (χ0) is 13.0. The number of nitrogens with two attached hydrogens (primary N) is 1. The summed E-state index contributed by atoms with van der Waals surface area (Å²) in [6.45, 7) is 2.37. The minimum Gasteiger partial charge on any atom is -0.493 e. The van der Waals surface area contributed by atoms with Gasteiger partial charge in [0, 0.05) is 0 Å². The van der Waals surface area contributed by atoms with E-state index >= 15 is 0 Å². The molecule has 1 aromatic heterocycles. The fraction of sp³-hybridized carbons (Fsp3) is 0.214. The monoisotopic (exact) mass is 244 g/mol. The van der Waals surface area contributed by atoms with Crippen molar-refractivity contribution in [1.82, 2.24) is 4.98 Å². The van der Waals surface area contributed by atoms with Crippen molar-refractivity contribution in [1.29, 1.82) is 0 Å². The van der Waals surface area contributed by atoms with Gasteiger partial charge in [-0.3, -0.25) is 0 Å². The van der Waals surface area contributed by atoms with Crippen LogP contribution in [0.15, 0.2) is 36.4 Å². The molecule has 0 bridgehead atoms. The van der Waals surface area contributed by atoms with Gasteiger partial charge in [0.2, 0.25) is 0 Å². The first-order valence-electron chi connectivity index (χ1n) is 5.68. The van der Waals surface area contributed by atoms with Gasteiger partial charge in [-0.25, -0.2) is 4.98 Å². The lowest BCUT2D eigenvalue weighted by Crippen LogP contribution is -2.01. The van der Waals surface area contributed by atoms with Crippen LogP contribution >= 0.6 is 0 Å². The topological polar surface area (TPSA) is 57.4 Å². The van der Waals surface area contributed by atoms with Crippen molar-refractivity contribution in [2.45, 2.75) is 13.5 Å². The molecule has 0 spiro atoms. The summed E-state index contributed by atoms with van der Waals surface area (Å²) >= 11 is 0. The van der Waals surface area contributed by atoms with Crippen molar-refractivity contribution in [3.8, 4) is 11.5 Å². The van der Waals surface area contributed by atoms with Crippen LogP contribution in [-0.2, 0) is 6.61 Å². The van der Waals surface area contributed by atoms with E-state index in [4.69, 9.17) is 15.2 Å². The van der Waals surface area contributed by atoms with Crippen LogP contribution < -0.4 is 15.2 Å². The molecule has 0 aliphatic heterocycles. The van der Waals surface area contributed by atoms with Crippen LogP contribution in [0.3, 0.4) is 0 Å². The molecule has 4 nitrogen and oxygen atoms in total. The second-order valence-corrected chi connectivity index (χ2v) is 4.00. The molecule has 18 heavy (non-hydrogen) atoms. The van der Waals surface area contributed by atoms with Crippen LogP contribution in [0.1, 0.15) is 11.3 Å². The van der Waals surface area contributed by atoms with Gasteiger partial charge in [0.1, 0.15) is 12.4 Å². The van der Waals surface area contributed by atoms with Crippen LogP contribution in [0.2, 0.25) is 0 Å². The number of benzene rings is 1. The van der Waals surface area contributed by atoms with E-state index in [1.807, 2.05) is 37.3 Å². The highest BCUT2D eigenvalue weighted by atomic mass is 16.5. The highest BCUT2D eigenvalue weighted by Crippen LogP contribution is 2.28. The molecule has 1 heterocycles. The van der Waals surface area contributed by atoms with Crippen LogP contribution in [-0.4, -0.2) is 12.1 Å². The molecule has 0 unspecified atom stereocenters. The van der Waals surface area contributed by atoms with Crippen molar-refractivity contribution in [2.75, 3.05) is 12.8 Å². The average Bonchev–Trinajstić information content (AvgIpc) is 2.37. The largest absolute Gasteiger partial charge is 0.493 e. The first-order chi connectivity index (χ1) is 8.69. The number of nitrogen functional groups attached to an aromatic ring is 1. The molecule has 2 aromatic rings. The van der Waals surface area contributed by atoms with E-state index in [2.05, 4.69) is 4.98 Å². The minimum atomic E-state index is 0.366. The Balaban J connectivity index is 2.10. The predicted octanol–water partition coefficient (Wildman–Crippen LogP) is 2.56. The summed E-state index contributed by atoms with van der Waals surface area (Å²) in [6, 6.07) is 11.3. The molecule has 0 radical (unpaired) electrons. The number of hydrogen-bond donors (Lipinski definition) is 1. The zero-order valence-electron chi connectivity index (χ0n) is 10.5. The average molecular weight is 244 g/mol. The third-order valence-corrected chi connectivity index (χ3v) is 2.52. The lowest BCUT2D eigenvalue weighted by Gasteiger charge is -2.11. The highest BCUT2D eigenvalue weighted by molar-refractivity contribution is 5.42. The van der Waals surface area contributed by atoms with Gasteiger partial charge in [-0.15, -0.1) is 0 Å². The third-order valence-electron chi connectivity index (χ3n) is 2.52. The Labute approximate surface area is 106 Å². The molecule has 0 fully saturated rings.